The van der Waals surface area contributed by atoms with Crippen LogP contribution >= 0.6 is 22.9 Å². The fourth-order valence-corrected chi connectivity index (χ4v) is 4.08. The molecule has 8 heteroatoms. The van der Waals surface area contributed by atoms with E-state index in [0.29, 0.717) is 26.8 Å². The maximum Gasteiger partial charge on any atom is 0.272 e. The summed E-state index contributed by atoms with van der Waals surface area (Å²) in [5.74, 6) is 0.161. The molecule has 1 aromatic carbocycles. The number of amides is 1. The van der Waals surface area contributed by atoms with E-state index in [4.69, 9.17) is 11.6 Å². The van der Waals surface area contributed by atoms with Crippen molar-refractivity contribution in [1.82, 2.24) is 14.5 Å². The average molecular weight is 399 g/mol. The number of rotatable bonds is 3. The van der Waals surface area contributed by atoms with E-state index in [1.807, 2.05) is 25.1 Å². The first-order valence-electron chi connectivity index (χ1n) is 8.24. The van der Waals surface area contributed by atoms with Crippen LogP contribution in [0.15, 0.2) is 41.3 Å². The molecule has 3 aromatic heterocycles. The number of carbonyl (C=O) groups is 1. The summed E-state index contributed by atoms with van der Waals surface area (Å²) in [6.45, 7) is 3.48. The van der Waals surface area contributed by atoms with Crippen molar-refractivity contribution in [2.24, 2.45) is 0 Å². The highest BCUT2D eigenvalue weighted by Gasteiger charge is 2.16. The van der Waals surface area contributed by atoms with Gasteiger partial charge in [0.1, 0.15) is 21.9 Å². The van der Waals surface area contributed by atoms with Gasteiger partial charge in [0.15, 0.2) is 0 Å². The molecule has 0 aliphatic rings. The van der Waals surface area contributed by atoms with Crippen molar-refractivity contribution in [1.29, 1.82) is 0 Å². The number of thiophene rings is 1. The molecule has 0 saturated carbocycles. The number of anilines is 1. The van der Waals surface area contributed by atoms with Crippen LogP contribution in [-0.2, 0) is 11.3 Å². The predicted octanol–water partition coefficient (Wildman–Crippen LogP) is 3.92. The van der Waals surface area contributed by atoms with Gasteiger partial charge in [-0.25, -0.2) is 9.97 Å². The molecule has 3 heterocycles. The average Bonchev–Trinajstić information content (AvgIpc) is 3.01. The highest BCUT2D eigenvalue weighted by molar-refractivity contribution is 7.25. The molecule has 4 rings (SSSR count). The van der Waals surface area contributed by atoms with Gasteiger partial charge in [-0.2, -0.15) is 0 Å². The van der Waals surface area contributed by atoms with E-state index in [1.165, 1.54) is 15.9 Å². The SMILES string of the molecule is Cc1ccc(NC(=O)Cn2c(C)nc3c(sc4ncccc43)c2=O)cc1Cl. The number of nitrogens with zero attached hydrogens (tertiary/aromatic N) is 3. The second-order valence-electron chi connectivity index (χ2n) is 6.20. The highest BCUT2D eigenvalue weighted by Crippen LogP contribution is 2.28. The topological polar surface area (TPSA) is 76.9 Å². The molecule has 1 amide bonds. The minimum Gasteiger partial charge on any atom is -0.324 e. The third-order valence-corrected chi connectivity index (χ3v) is 5.80. The number of hydrogen-bond acceptors (Lipinski definition) is 5. The number of benzene rings is 1. The van der Waals surface area contributed by atoms with Crippen LogP contribution in [-0.4, -0.2) is 20.4 Å². The fourth-order valence-electron chi connectivity index (χ4n) is 2.87. The van der Waals surface area contributed by atoms with Crippen molar-refractivity contribution >= 4 is 55.0 Å². The molecule has 1 N–H and O–H groups in total. The van der Waals surface area contributed by atoms with Crippen molar-refractivity contribution in [2.45, 2.75) is 20.4 Å². The first-order valence-corrected chi connectivity index (χ1v) is 9.44. The summed E-state index contributed by atoms with van der Waals surface area (Å²) in [5.41, 5.74) is 1.90. The number of hydrogen-bond donors (Lipinski definition) is 1. The minimum atomic E-state index is -0.319. The number of halogens is 1. The molecule has 0 fully saturated rings. The Hall–Kier alpha value is -2.77. The Morgan fingerprint density at radius 2 is 2.11 bits per heavy atom. The molecular weight excluding hydrogens is 384 g/mol. The van der Waals surface area contributed by atoms with Crippen LogP contribution in [0.4, 0.5) is 5.69 Å². The van der Waals surface area contributed by atoms with Gasteiger partial charge in [0.05, 0.1) is 5.52 Å². The Labute approximate surface area is 163 Å². The molecule has 0 aliphatic heterocycles. The lowest BCUT2D eigenvalue weighted by Crippen LogP contribution is -2.29. The summed E-state index contributed by atoms with van der Waals surface area (Å²) in [7, 11) is 0. The lowest BCUT2D eigenvalue weighted by molar-refractivity contribution is -0.116. The Bertz CT molecular complexity index is 1260. The minimum absolute atomic E-state index is 0.124. The van der Waals surface area contributed by atoms with Crippen LogP contribution in [0.1, 0.15) is 11.4 Å². The van der Waals surface area contributed by atoms with Gasteiger partial charge < -0.3 is 5.32 Å². The van der Waals surface area contributed by atoms with Crippen molar-refractivity contribution in [2.75, 3.05) is 5.32 Å². The predicted molar refractivity (Wildman–Crippen MR) is 109 cm³/mol. The van der Waals surface area contributed by atoms with Gasteiger partial charge in [0, 0.05) is 22.3 Å². The second-order valence-corrected chi connectivity index (χ2v) is 7.60. The third kappa shape index (κ3) is 3.20. The van der Waals surface area contributed by atoms with Crippen molar-refractivity contribution in [3.05, 3.63) is 63.3 Å². The van der Waals surface area contributed by atoms with E-state index < -0.39 is 0 Å². The van der Waals surface area contributed by atoms with Gasteiger partial charge in [0.25, 0.3) is 5.56 Å². The normalized spacial score (nSPS) is 11.2. The first-order chi connectivity index (χ1) is 12.9. The molecule has 0 bridgehead atoms. The molecule has 0 saturated heterocycles. The van der Waals surface area contributed by atoms with Crippen LogP contribution in [0, 0.1) is 13.8 Å². The zero-order chi connectivity index (χ0) is 19.1. The lowest BCUT2D eigenvalue weighted by atomic mass is 10.2. The summed E-state index contributed by atoms with van der Waals surface area (Å²) in [4.78, 5) is 34.9. The molecule has 0 aliphatic carbocycles. The van der Waals surface area contributed by atoms with Gasteiger partial charge in [-0.05, 0) is 43.7 Å². The monoisotopic (exact) mass is 398 g/mol. The number of nitrogens with one attached hydrogen (secondary N) is 1. The molecule has 0 radical (unpaired) electrons. The van der Waals surface area contributed by atoms with Crippen molar-refractivity contribution in [3.63, 3.8) is 0 Å². The number of pyridine rings is 1. The van der Waals surface area contributed by atoms with Gasteiger partial charge in [-0.1, -0.05) is 17.7 Å². The smallest absolute Gasteiger partial charge is 0.272 e. The fraction of sp³-hybridized carbons (Fsp3) is 0.158. The van der Waals surface area contributed by atoms with Crippen LogP contribution in [0.25, 0.3) is 20.4 Å². The quantitative estimate of drug-likeness (QED) is 0.567. The number of aromatic nitrogens is 3. The van der Waals surface area contributed by atoms with Gasteiger partial charge in [-0.3, -0.25) is 14.2 Å². The van der Waals surface area contributed by atoms with E-state index in [-0.39, 0.29) is 18.0 Å². The molecular formula is C19H15ClN4O2S. The number of aryl methyl sites for hydroxylation is 2. The Kier molecular flexibility index (Phi) is 4.41. The number of carbonyl (C=O) groups excluding carboxylic acids is 1. The zero-order valence-electron chi connectivity index (χ0n) is 14.6. The van der Waals surface area contributed by atoms with Crippen molar-refractivity contribution < 1.29 is 4.79 Å². The van der Waals surface area contributed by atoms with Crippen LogP contribution in [0.3, 0.4) is 0 Å². The molecule has 6 nitrogen and oxygen atoms in total. The van der Waals surface area contributed by atoms with E-state index in [1.54, 1.807) is 25.3 Å². The van der Waals surface area contributed by atoms with Gasteiger partial charge in [0.2, 0.25) is 5.91 Å². The Balaban J connectivity index is 1.69. The summed E-state index contributed by atoms with van der Waals surface area (Å²) < 4.78 is 1.88. The summed E-state index contributed by atoms with van der Waals surface area (Å²) in [5, 5.41) is 4.19. The largest absolute Gasteiger partial charge is 0.324 e. The van der Waals surface area contributed by atoms with E-state index >= 15 is 0 Å². The van der Waals surface area contributed by atoms with Gasteiger partial charge in [-0.15, -0.1) is 11.3 Å². The summed E-state index contributed by atoms with van der Waals surface area (Å²) >= 11 is 7.38. The maximum absolute atomic E-state index is 12.9. The Morgan fingerprint density at radius 1 is 1.30 bits per heavy atom. The van der Waals surface area contributed by atoms with E-state index in [9.17, 15) is 9.59 Å². The molecule has 0 spiro atoms. The van der Waals surface area contributed by atoms with Crippen LogP contribution in [0.5, 0.6) is 0 Å². The molecule has 4 aromatic rings. The summed E-state index contributed by atoms with van der Waals surface area (Å²) in [6, 6.07) is 8.99. The number of fused-ring (bicyclic) bond motifs is 3. The first kappa shape index (κ1) is 17.6. The second kappa shape index (κ2) is 6.75. The molecule has 136 valence electrons. The van der Waals surface area contributed by atoms with E-state index in [2.05, 4.69) is 15.3 Å². The van der Waals surface area contributed by atoms with Crippen molar-refractivity contribution in [3.8, 4) is 0 Å². The van der Waals surface area contributed by atoms with E-state index in [0.717, 1.165) is 15.8 Å². The summed E-state index contributed by atoms with van der Waals surface area (Å²) in [6.07, 6.45) is 1.68. The van der Waals surface area contributed by atoms with Gasteiger partial charge >= 0.3 is 0 Å². The molecule has 0 unspecified atom stereocenters. The Morgan fingerprint density at radius 3 is 2.89 bits per heavy atom. The standard InChI is InChI=1S/C19H15ClN4O2S/c1-10-5-6-12(8-14(10)20)23-15(25)9-24-11(2)22-16-13-4-3-7-21-18(13)27-17(16)19(24)26/h3-8H,9H2,1-2H3,(H,23,25). The highest BCUT2D eigenvalue weighted by atomic mass is 35.5. The third-order valence-electron chi connectivity index (χ3n) is 4.30. The molecule has 0 atom stereocenters. The maximum atomic E-state index is 12.9. The molecule has 27 heavy (non-hydrogen) atoms. The zero-order valence-corrected chi connectivity index (χ0v) is 16.2. The van der Waals surface area contributed by atoms with Crippen LogP contribution < -0.4 is 10.9 Å². The lowest BCUT2D eigenvalue weighted by Gasteiger charge is -2.10. The van der Waals surface area contributed by atoms with Crippen LogP contribution in [0.2, 0.25) is 5.02 Å².